The van der Waals surface area contributed by atoms with E-state index >= 15 is 0 Å². The Hall–Kier alpha value is -2.79. The maximum Gasteiger partial charge on any atom is 0.225 e. The average Bonchev–Trinajstić information content (AvgIpc) is 3.12. The zero-order chi connectivity index (χ0) is 18.8. The molecule has 0 fully saturated rings. The monoisotopic (exact) mass is 379 g/mol. The lowest BCUT2D eigenvalue weighted by Gasteiger charge is -2.24. The lowest BCUT2D eigenvalue weighted by atomic mass is 9.89. The van der Waals surface area contributed by atoms with E-state index < -0.39 is 0 Å². The number of nitrogens with one attached hydrogen (secondary N) is 1. The molecule has 2 heterocycles. The zero-order valence-corrected chi connectivity index (χ0v) is 16.1. The number of benzene rings is 2. The van der Waals surface area contributed by atoms with Crippen LogP contribution in [-0.2, 0) is 4.79 Å². The van der Waals surface area contributed by atoms with Crippen molar-refractivity contribution in [2.75, 3.05) is 19.0 Å². The van der Waals surface area contributed by atoms with Crippen molar-refractivity contribution in [3.8, 4) is 22.6 Å². The van der Waals surface area contributed by atoms with Crippen LogP contribution >= 0.6 is 11.3 Å². The molecule has 138 valence electrons. The van der Waals surface area contributed by atoms with E-state index in [9.17, 15) is 4.79 Å². The number of anilines is 1. The van der Waals surface area contributed by atoms with Gasteiger partial charge in [0.05, 0.1) is 19.4 Å². The minimum Gasteiger partial charge on any atom is -0.497 e. The Morgan fingerprint density at radius 1 is 1.07 bits per heavy atom. The predicted octanol–water partition coefficient (Wildman–Crippen LogP) is 5.30. The summed E-state index contributed by atoms with van der Waals surface area (Å²) in [6, 6.07) is 16.0. The number of methoxy groups -OCH3 is 1. The third kappa shape index (κ3) is 3.43. The van der Waals surface area contributed by atoms with Crippen molar-refractivity contribution in [3.05, 3.63) is 64.4 Å². The van der Waals surface area contributed by atoms with Crippen LogP contribution in [0.4, 0.5) is 5.69 Å². The molecule has 0 saturated carbocycles. The van der Waals surface area contributed by atoms with Gasteiger partial charge < -0.3 is 14.8 Å². The van der Waals surface area contributed by atoms with Gasteiger partial charge in [-0.05, 0) is 42.3 Å². The van der Waals surface area contributed by atoms with Crippen molar-refractivity contribution in [2.24, 2.45) is 0 Å². The SMILES string of the molecule is CCOc1ccc([C@@H]2CC(=O)Nc3c(-c4ccc(OC)cc4)csc32)cc1. The number of carbonyl (C=O) groups is 1. The highest BCUT2D eigenvalue weighted by atomic mass is 32.1. The summed E-state index contributed by atoms with van der Waals surface area (Å²) < 4.78 is 10.8. The van der Waals surface area contributed by atoms with Crippen LogP contribution in [0.1, 0.15) is 29.7 Å². The molecule has 2 aromatic carbocycles. The number of thiophene rings is 1. The first kappa shape index (κ1) is 17.6. The van der Waals surface area contributed by atoms with E-state index in [0.29, 0.717) is 13.0 Å². The van der Waals surface area contributed by atoms with Gasteiger partial charge in [-0.15, -0.1) is 11.3 Å². The molecule has 1 aromatic heterocycles. The number of hydrogen-bond acceptors (Lipinski definition) is 4. The Bertz CT molecular complexity index is 945. The smallest absolute Gasteiger partial charge is 0.225 e. The molecule has 1 N–H and O–H groups in total. The van der Waals surface area contributed by atoms with Crippen LogP contribution in [0.3, 0.4) is 0 Å². The minimum absolute atomic E-state index is 0.0505. The van der Waals surface area contributed by atoms with E-state index in [0.717, 1.165) is 33.9 Å². The Kier molecular flexibility index (Phi) is 4.86. The van der Waals surface area contributed by atoms with Gasteiger partial charge in [0, 0.05) is 28.2 Å². The maximum absolute atomic E-state index is 12.4. The molecule has 0 radical (unpaired) electrons. The van der Waals surface area contributed by atoms with E-state index in [-0.39, 0.29) is 11.8 Å². The molecule has 0 saturated heterocycles. The largest absolute Gasteiger partial charge is 0.497 e. The highest BCUT2D eigenvalue weighted by Crippen LogP contribution is 2.46. The summed E-state index contributed by atoms with van der Waals surface area (Å²) in [5.74, 6) is 1.79. The fourth-order valence-electron chi connectivity index (χ4n) is 3.44. The van der Waals surface area contributed by atoms with Gasteiger partial charge in [-0.3, -0.25) is 4.79 Å². The third-order valence-electron chi connectivity index (χ3n) is 4.78. The molecule has 1 aliphatic heterocycles. The van der Waals surface area contributed by atoms with E-state index in [1.807, 2.05) is 43.3 Å². The minimum atomic E-state index is 0.0505. The molecule has 0 spiro atoms. The van der Waals surface area contributed by atoms with Crippen molar-refractivity contribution in [1.82, 2.24) is 0 Å². The van der Waals surface area contributed by atoms with E-state index in [1.165, 1.54) is 4.88 Å². The molecule has 4 nitrogen and oxygen atoms in total. The second-order valence-corrected chi connectivity index (χ2v) is 7.34. The molecule has 0 bridgehead atoms. The van der Waals surface area contributed by atoms with Crippen LogP contribution in [0.2, 0.25) is 0 Å². The van der Waals surface area contributed by atoms with Gasteiger partial charge >= 0.3 is 0 Å². The first-order valence-electron chi connectivity index (χ1n) is 8.98. The van der Waals surface area contributed by atoms with Gasteiger partial charge in [-0.2, -0.15) is 0 Å². The summed E-state index contributed by atoms with van der Waals surface area (Å²) in [5, 5.41) is 5.21. The second-order valence-electron chi connectivity index (χ2n) is 6.42. The fraction of sp³-hybridized carbons (Fsp3) is 0.227. The van der Waals surface area contributed by atoms with Crippen molar-refractivity contribution in [2.45, 2.75) is 19.3 Å². The van der Waals surface area contributed by atoms with Gasteiger partial charge in [0.15, 0.2) is 0 Å². The molecular formula is C22H21NO3S. The number of rotatable bonds is 5. The number of carbonyl (C=O) groups excluding carboxylic acids is 1. The molecule has 1 amide bonds. The van der Waals surface area contributed by atoms with Crippen molar-refractivity contribution in [1.29, 1.82) is 0 Å². The Morgan fingerprint density at radius 2 is 1.78 bits per heavy atom. The molecule has 27 heavy (non-hydrogen) atoms. The normalized spacial score (nSPS) is 15.8. The summed E-state index contributed by atoms with van der Waals surface area (Å²) in [6.45, 7) is 2.61. The Balaban J connectivity index is 1.70. The molecular weight excluding hydrogens is 358 g/mol. The van der Waals surface area contributed by atoms with Gasteiger partial charge in [0.1, 0.15) is 11.5 Å². The predicted molar refractivity (Wildman–Crippen MR) is 109 cm³/mol. The van der Waals surface area contributed by atoms with Crippen LogP contribution in [0.25, 0.3) is 11.1 Å². The Morgan fingerprint density at radius 3 is 2.44 bits per heavy atom. The van der Waals surface area contributed by atoms with Crippen molar-refractivity contribution in [3.63, 3.8) is 0 Å². The van der Waals surface area contributed by atoms with Gasteiger partial charge in [0.25, 0.3) is 0 Å². The summed E-state index contributed by atoms with van der Waals surface area (Å²) in [4.78, 5) is 13.6. The van der Waals surface area contributed by atoms with E-state index in [1.54, 1.807) is 18.4 Å². The highest BCUT2D eigenvalue weighted by Gasteiger charge is 2.30. The summed E-state index contributed by atoms with van der Waals surface area (Å²) in [6.07, 6.45) is 0.462. The van der Waals surface area contributed by atoms with Crippen LogP contribution < -0.4 is 14.8 Å². The summed E-state index contributed by atoms with van der Waals surface area (Å²) in [7, 11) is 1.66. The van der Waals surface area contributed by atoms with Gasteiger partial charge in [0.2, 0.25) is 5.91 Å². The quantitative estimate of drug-likeness (QED) is 0.655. The Labute approximate surface area is 162 Å². The standard InChI is InChI=1S/C22H21NO3S/c1-3-26-17-10-6-14(7-11-17)18-12-20(24)23-21-19(13-27-22(18)21)15-4-8-16(25-2)9-5-15/h4-11,13,18H,3,12H2,1-2H3,(H,23,24)/t18-/m0/s1. The second kappa shape index (κ2) is 7.45. The topological polar surface area (TPSA) is 47.6 Å². The molecule has 5 heteroatoms. The molecule has 4 rings (SSSR count). The summed E-state index contributed by atoms with van der Waals surface area (Å²) >= 11 is 1.70. The summed E-state index contributed by atoms with van der Waals surface area (Å²) in [5.41, 5.74) is 4.19. The van der Waals surface area contributed by atoms with Crippen LogP contribution in [0, 0.1) is 0 Å². The number of fused-ring (bicyclic) bond motifs is 1. The third-order valence-corrected chi connectivity index (χ3v) is 5.88. The van der Waals surface area contributed by atoms with Crippen LogP contribution in [0.15, 0.2) is 53.9 Å². The zero-order valence-electron chi connectivity index (χ0n) is 15.3. The van der Waals surface area contributed by atoms with Crippen molar-refractivity contribution < 1.29 is 14.3 Å². The fourth-order valence-corrected chi connectivity index (χ4v) is 4.60. The molecule has 0 unspecified atom stereocenters. The number of hydrogen-bond donors (Lipinski definition) is 1. The van der Waals surface area contributed by atoms with Crippen LogP contribution in [-0.4, -0.2) is 19.6 Å². The van der Waals surface area contributed by atoms with Gasteiger partial charge in [-0.25, -0.2) is 0 Å². The molecule has 1 atom stereocenters. The number of ether oxygens (including phenoxy) is 2. The van der Waals surface area contributed by atoms with Crippen LogP contribution in [0.5, 0.6) is 11.5 Å². The van der Waals surface area contributed by atoms with E-state index in [2.05, 4.69) is 22.8 Å². The highest BCUT2D eigenvalue weighted by molar-refractivity contribution is 7.11. The maximum atomic E-state index is 12.4. The first-order chi connectivity index (χ1) is 13.2. The molecule has 0 aliphatic carbocycles. The lowest BCUT2D eigenvalue weighted by Crippen LogP contribution is -2.22. The average molecular weight is 379 g/mol. The molecule has 1 aliphatic rings. The van der Waals surface area contributed by atoms with Crippen molar-refractivity contribution >= 4 is 22.9 Å². The molecule has 3 aromatic rings. The van der Waals surface area contributed by atoms with E-state index in [4.69, 9.17) is 9.47 Å². The lowest BCUT2D eigenvalue weighted by molar-refractivity contribution is -0.116. The first-order valence-corrected chi connectivity index (χ1v) is 9.86. The number of amides is 1. The van der Waals surface area contributed by atoms with Gasteiger partial charge in [-0.1, -0.05) is 24.3 Å².